The molecule has 1 atom stereocenters. The summed E-state index contributed by atoms with van der Waals surface area (Å²) < 4.78 is 11.4. The van der Waals surface area contributed by atoms with Crippen molar-refractivity contribution in [2.45, 2.75) is 18.1 Å². The number of methoxy groups -OCH3 is 1. The Morgan fingerprint density at radius 2 is 2.19 bits per heavy atom. The maximum absolute atomic E-state index is 12.9. The first-order valence-corrected chi connectivity index (χ1v) is 8.92. The first kappa shape index (κ1) is 18.2. The van der Waals surface area contributed by atoms with Crippen LogP contribution in [-0.4, -0.2) is 40.1 Å². The average molecular weight is 374 g/mol. The van der Waals surface area contributed by atoms with Crippen molar-refractivity contribution in [1.29, 1.82) is 0 Å². The standard InChI is InChI=1S/C17H18N4O4S/c1-11(9-24-2)21-16(23)12-5-3-4-6-13(12)18-17(21)26-10-15(22)19-14-7-8-25-20-14/h3-8,11H,9-10H2,1-2H3,(H,19,20,22). The summed E-state index contributed by atoms with van der Waals surface area (Å²) in [5.74, 6) is 0.154. The molecular weight excluding hydrogens is 356 g/mol. The lowest BCUT2D eigenvalue weighted by Crippen LogP contribution is -2.29. The van der Waals surface area contributed by atoms with Crippen molar-refractivity contribution in [2.24, 2.45) is 0 Å². The van der Waals surface area contributed by atoms with Gasteiger partial charge in [0.15, 0.2) is 11.0 Å². The molecule has 0 bridgehead atoms. The third kappa shape index (κ3) is 3.94. The van der Waals surface area contributed by atoms with Gasteiger partial charge in [-0.25, -0.2) is 4.98 Å². The fourth-order valence-electron chi connectivity index (χ4n) is 2.52. The van der Waals surface area contributed by atoms with Gasteiger partial charge in [0.05, 0.1) is 29.3 Å². The Kier molecular flexibility index (Phi) is 5.69. The summed E-state index contributed by atoms with van der Waals surface area (Å²) in [6.07, 6.45) is 1.37. The normalized spacial score (nSPS) is 12.2. The van der Waals surface area contributed by atoms with E-state index in [1.165, 1.54) is 18.0 Å². The SMILES string of the molecule is COCC(C)n1c(SCC(=O)Nc2ccon2)nc2ccccc2c1=O. The molecule has 9 heteroatoms. The number of amides is 1. The highest BCUT2D eigenvalue weighted by molar-refractivity contribution is 7.99. The zero-order valence-electron chi connectivity index (χ0n) is 14.3. The van der Waals surface area contributed by atoms with E-state index in [1.807, 2.05) is 13.0 Å². The van der Waals surface area contributed by atoms with Crippen molar-refractivity contribution >= 4 is 34.4 Å². The number of carbonyl (C=O) groups is 1. The van der Waals surface area contributed by atoms with Gasteiger partial charge in [-0.3, -0.25) is 14.2 Å². The first-order valence-electron chi connectivity index (χ1n) is 7.93. The summed E-state index contributed by atoms with van der Waals surface area (Å²) in [4.78, 5) is 29.5. The zero-order chi connectivity index (χ0) is 18.5. The molecule has 0 aliphatic carbocycles. The first-order chi connectivity index (χ1) is 12.6. The molecule has 8 nitrogen and oxygen atoms in total. The molecule has 136 valence electrons. The highest BCUT2D eigenvalue weighted by Crippen LogP contribution is 2.21. The molecule has 1 unspecified atom stereocenters. The second-order valence-electron chi connectivity index (χ2n) is 5.61. The number of hydrogen-bond acceptors (Lipinski definition) is 7. The highest BCUT2D eigenvalue weighted by atomic mass is 32.2. The van der Waals surface area contributed by atoms with Crippen molar-refractivity contribution in [3.05, 3.63) is 46.9 Å². The minimum atomic E-state index is -0.266. The van der Waals surface area contributed by atoms with Crippen LogP contribution in [0.2, 0.25) is 0 Å². The molecule has 1 N–H and O–H groups in total. The number of anilines is 1. The molecule has 0 fully saturated rings. The minimum Gasteiger partial charge on any atom is -0.383 e. The van der Waals surface area contributed by atoms with E-state index in [0.717, 1.165) is 0 Å². The summed E-state index contributed by atoms with van der Waals surface area (Å²) in [7, 11) is 1.58. The van der Waals surface area contributed by atoms with Crippen LogP contribution < -0.4 is 10.9 Å². The van der Waals surface area contributed by atoms with Gasteiger partial charge in [-0.2, -0.15) is 0 Å². The molecular formula is C17H18N4O4S. The van der Waals surface area contributed by atoms with Crippen molar-refractivity contribution < 1.29 is 14.1 Å². The van der Waals surface area contributed by atoms with Crippen LogP contribution in [0.5, 0.6) is 0 Å². The van der Waals surface area contributed by atoms with E-state index in [-0.39, 0.29) is 23.3 Å². The molecule has 0 aliphatic heterocycles. The maximum Gasteiger partial charge on any atom is 0.262 e. The van der Waals surface area contributed by atoms with Crippen LogP contribution in [0, 0.1) is 0 Å². The van der Waals surface area contributed by atoms with E-state index in [0.29, 0.717) is 28.5 Å². The Hall–Kier alpha value is -2.65. The van der Waals surface area contributed by atoms with Gasteiger partial charge in [0, 0.05) is 13.2 Å². The fourth-order valence-corrected chi connectivity index (χ4v) is 3.42. The number of thioether (sulfide) groups is 1. The average Bonchev–Trinajstić information content (AvgIpc) is 3.13. The van der Waals surface area contributed by atoms with Gasteiger partial charge in [-0.1, -0.05) is 29.1 Å². The Labute approximate surface area is 153 Å². The summed E-state index contributed by atoms with van der Waals surface area (Å²) in [6.45, 7) is 2.24. The number of fused-ring (bicyclic) bond motifs is 1. The van der Waals surface area contributed by atoms with E-state index >= 15 is 0 Å². The van der Waals surface area contributed by atoms with Crippen molar-refractivity contribution in [3.8, 4) is 0 Å². The van der Waals surface area contributed by atoms with Crippen LogP contribution in [0.4, 0.5) is 5.82 Å². The van der Waals surface area contributed by atoms with E-state index in [2.05, 4.69) is 20.0 Å². The van der Waals surface area contributed by atoms with Gasteiger partial charge in [-0.05, 0) is 19.1 Å². The second kappa shape index (κ2) is 8.15. The molecule has 26 heavy (non-hydrogen) atoms. The monoisotopic (exact) mass is 374 g/mol. The summed E-state index contributed by atoms with van der Waals surface area (Å²) in [6, 6.07) is 8.48. The number of rotatable bonds is 7. The van der Waals surface area contributed by atoms with Gasteiger partial charge in [0.2, 0.25) is 5.91 Å². The fraction of sp³-hybridized carbons (Fsp3) is 0.294. The summed E-state index contributed by atoms with van der Waals surface area (Å²) >= 11 is 1.19. The molecule has 2 heterocycles. The topological polar surface area (TPSA) is 99.2 Å². The summed E-state index contributed by atoms with van der Waals surface area (Å²) in [5.41, 5.74) is 0.442. The van der Waals surface area contributed by atoms with E-state index in [4.69, 9.17) is 4.74 Å². The Balaban J connectivity index is 1.89. The number of aromatic nitrogens is 3. The molecule has 3 rings (SSSR count). The highest BCUT2D eigenvalue weighted by Gasteiger charge is 2.17. The molecule has 0 aliphatic rings. The maximum atomic E-state index is 12.9. The van der Waals surface area contributed by atoms with Crippen LogP contribution in [-0.2, 0) is 9.53 Å². The van der Waals surface area contributed by atoms with Gasteiger partial charge in [0.1, 0.15) is 6.26 Å². The number of ether oxygens (including phenoxy) is 1. The smallest absolute Gasteiger partial charge is 0.262 e. The van der Waals surface area contributed by atoms with Crippen molar-refractivity contribution in [1.82, 2.24) is 14.7 Å². The van der Waals surface area contributed by atoms with Crippen LogP contribution in [0.1, 0.15) is 13.0 Å². The lowest BCUT2D eigenvalue weighted by molar-refractivity contribution is -0.113. The van der Waals surface area contributed by atoms with Gasteiger partial charge >= 0.3 is 0 Å². The molecule has 0 saturated heterocycles. The second-order valence-corrected chi connectivity index (χ2v) is 6.56. The molecule has 1 amide bonds. The number of carbonyl (C=O) groups excluding carboxylic acids is 1. The van der Waals surface area contributed by atoms with E-state index < -0.39 is 0 Å². The van der Waals surface area contributed by atoms with E-state index in [9.17, 15) is 9.59 Å². The van der Waals surface area contributed by atoms with Gasteiger partial charge in [0.25, 0.3) is 5.56 Å². The van der Waals surface area contributed by atoms with Crippen LogP contribution >= 0.6 is 11.8 Å². The van der Waals surface area contributed by atoms with Crippen LogP contribution in [0.3, 0.4) is 0 Å². The van der Waals surface area contributed by atoms with Crippen LogP contribution in [0.25, 0.3) is 10.9 Å². The zero-order valence-corrected chi connectivity index (χ0v) is 15.2. The summed E-state index contributed by atoms with van der Waals surface area (Å²) in [5, 5.41) is 7.25. The largest absolute Gasteiger partial charge is 0.383 e. The molecule has 0 saturated carbocycles. The Morgan fingerprint density at radius 3 is 2.92 bits per heavy atom. The predicted molar refractivity (Wildman–Crippen MR) is 98.4 cm³/mol. The lowest BCUT2D eigenvalue weighted by atomic mass is 10.2. The molecule has 0 spiro atoms. The predicted octanol–water partition coefficient (Wildman–Crippen LogP) is 2.32. The number of nitrogens with one attached hydrogen (secondary N) is 1. The molecule has 3 aromatic rings. The van der Waals surface area contributed by atoms with Gasteiger partial charge < -0.3 is 14.6 Å². The van der Waals surface area contributed by atoms with Crippen molar-refractivity contribution in [3.63, 3.8) is 0 Å². The van der Waals surface area contributed by atoms with Gasteiger partial charge in [-0.15, -0.1) is 0 Å². The minimum absolute atomic E-state index is 0.0807. The third-order valence-electron chi connectivity index (χ3n) is 3.66. The Bertz CT molecular complexity index is 955. The molecule has 2 aromatic heterocycles. The number of hydrogen-bond donors (Lipinski definition) is 1. The van der Waals surface area contributed by atoms with Crippen molar-refractivity contribution in [2.75, 3.05) is 24.8 Å². The number of nitrogens with zero attached hydrogens (tertiary/aromatic N) is 3. The third-order valence-corrected chi connectivity index (χ3v) is 4.61. The van der Waals surface area contributed by atoms with E-state index in [1.54, 1.807) is 35.9 Å². The Morgan fingerprint density at radius 1 is 1.38 bits per heavy atom. The molecule has 0 radical (unpaired) electrons. The number of para-hydroxylation sites is 1. The quantitative estimate of drug-likeness (QED) is 0.500. The lowest BCUT2D eigenvalue weighted by Gasteiger charge is -2.18. The van der Waals surface area contributed by atoms with Crippen LogP contribution in [0.15, 0.2) is 51.1 Å². The number of benzene rings is 1. The molecule has 1 aromatic carbocycles.